The Kier molecular flexibility index (Phi) is 4.84. The fourth-order valence-electron chi connectivity index (χ4n) is 2.58. The van der Waals surface area contributed by atoms with Crippen LogP contribution in [0.3, 0.4) is 0 Å². The van der Waals surface area contributed by atoms with Gasteiger partial charge in [0.1, 0.15) is 11.5 Å². The average molecular weight is 279 g/mol. The van der Waals surface area contributed by atoms with Crippen LogP contribution in [0.25, 0.3) is 0 Å². The molecule has 20 heavy (non-hydrogen) atoms. The maximum atomic E-state index is 10.9. The number of carboxylic acids is 1. The first kappa shape index (κ1) is 14.7. The van der Waals surface area contributed by atoms with Crippen molar-refractivity contribution in [3.8, 4) is 11.5 Å². The summed E-state index contributed by atoms with van der Waals surface area (Å²) in [6.45, 7) is 2.36. The molecule has 1 heterocycles. The van der Waals surface area contributed by atoms with E-state index in [1.54, 1.807) is 14.2 Å². The summed E-state index contributed by atoms with van der Waals surface area (Å²) in [5.41, 5.74) is 1.07. The molecule has 0 radical (unpaired) electrons. The number of carboxylic acid groups (broad SMARTS) is 1. The first-order valence-corrected chi connectivity index (χ1v) is 6.80. The van der Waals surface area contributed by atoms with Crippen LogP contribution in [0.4, 0.5) is 0 Å². The summed E-state index contributed by atoms with van der Waals surface area (Å²) in [5, 5.41) is 9.01. The number of piperidine rings is 1. The molecule has 1 N–H and O–H groups in total. The smallest absolute Gasteiger partial charge is 0.306 e. The van der Waals surface area contributed by atoms with Crippen molar-refractivity contribution >= 4 is 5.97 Å². The van der Waals surface area contributed by atoms with Crippen molar-refractivity contribution in [2.45, 2.75) is 19.4 Å². The molecule has 1 aromatic rings. The van der Waals surface area contributed by atoms with E-state index >= 15 is 0 Å². The first-order chi connectivity index (χ1) is 9.63. The van der Waals surface area contributed by atoms with Gasteiger partial charge >= 0.3 is 5.97 Å². The van der Waals surface area contributed by atoms with E-state index in [0.29, 0.717) is 12.8 Å². The van der Waals surface area contributed by atoms with Gasteiger partial charge in [-0.3, -0.25) is 9.69 Å². The van der Waals surface area contributed by atoms with E-state index in [0.717, 1.165) is 36.7 Å². The molecule has 110 valence electrons. The molecule has 1 aliphatic rings. The summed E-state index contributed by atoms with van der Waals surface area (Å²) in [6, 6.07) is 5.75. The topological polar surface area (TPSA) is 59.0 Å². The van der Waals surface area contributed by atoms with E-state index in [4.69, 9.17) is 14.6 Å². The van der Waals surface area contributed by atoms with Crippen molar-refractivity contribution in [2.24, 2.45) is 5.92 Å². The van der Waals surface area contributed by atoms with Crippen molar-refractivity contribution in [3.63, 3.8) is 0 Å². The number of benzene rings is 1. The fraction of sp³-hybridized carbons (Fsp3) is 0.533. The Morgan fingerprint density at radius 3 is 2.55 bits per heavy atom. The molecule has 2 rings (SSSR count). The van der Waals surface area contributed by atoms with E-state index in [1.165, 1.54) is 0 Å². The van der Waals surface area contributed by atoms with Gasteiger partial charge in [-0.1, -0.05) is 0 Å². The molecule has 1 aromatic carbocycles. The highest BCUT2D eigenvalue weighted by molar-refractivity contribution is 5.70. The third kappa shape index (κ3) is 3.42. The van der Waals surface area contributed by atoms with Crippen LogP contribution >= 0.6 is 0 Å². The lowest BCUT2D eigenvalue weighted by atomic mass is 9.97. The lowest BCUT2D eigenvalue weighted by molar-refractivity contribution is -0.143. The quantitative estimate of drug-likeness (QED) is 0.893. The number of carbonyl (C=O) groups is 1. The number of likely N-dealkylation sites (tertiary alicyclic amines) is 1. The lowest BCUT2D eigenvalue weighted by Gasteiger charge is -2.30. The van der Waals surface area contributed by atoms with Gasteiger partial charge in [0.25, 0.3) is 0 Å². The molecule has 1 aliphatic heterocycles. The van der Waals surface area contributed by atoms with Crippen molar-refractivity contribution in [1.29, 1.82) is 0 Å². The lowest BCUT2D eigenvalue weighted by Crippen LogP contribution is -2.35. The van der Waals surface area contributed by atoms with Gasteiger partial charge in [0, 0.05) is 12.1 Å². The highest BCUT2D eigenvalue weighted by Crippen LogP contribution is 2.27. The SMILES string of the molecule is COc1ccc(OC)c(CN2CCC(C(=O)O)CC2)c1. The number of methoxy groups -OCH3 is 2. The Bertz CT molecular complexity index is 467. The fourth-order valence-corrected chi connectivity index (χ4v) is 2.58. The van der Waals surface area contributed by atoms with Gasteiger partial charge in [-0.2, -0.15) is 0 Å². The predicted molar refractivity (Wildman–Crippen MR) is 75.2 cm³/mol. The molecule has 1 saturated heterocycles. The minimum Gasteiger partial charge on any atom is -0.497 e. The van der Waals surface area contributed by atoms with E-state index in [2.05, 4.69) is 4.90 Å². The summed E-state index contributed by atoms with van der Waals surface area (Å²) in [7, 11) is 3.30. The van der Waals surface area contributed by atoms with E-state index < -0.39 is 5.97 Å². The average Bonchev–Trinajstić information content (AvgIpc) is 2.47. The highest BCUT2D eigenvalue weighted by atomic mass is 16.5. The summed E-state index contributed by atoms with van der Waals surface area (Å²) in [5.74, 6) is 0.773. The van der Waals surface area contributed by atoms with Gasteiger partial charge in [0.15, 0.2) is 0 Å². The zero-order valence-corrected chi connectivity index (χ0v) is 12.0. The van der Waals surface area contributed by atoms with Crippen LogP contribution in [0.15, 0.2) is 18.2 Å². The van der Waals surface area contributed by atoms with Crippen LogP contribution in [-0.2, 0) is 11.3 Å². The van der Waals surface area contributed by atoms with Crippen molar-refractivity contribution in [2.75, 3.05) is 27.3 Å². The Balaban J connectivity index is 2.01. The first-order valence-electron chi connectivity index (χ1n) is 6.80. The Morgan fingerprint density at radius 2 is 2.00 bits per heavy atom. The maximum absolute atomic E-state index is 10.9. The van der Waals surface area contributed by atoms with Crippen LogP contribution in [-0.4, -0.2) is 43.3 Å². The van der Waals surface area contributed by atoms with Gasteiger partial charge in [0.2, 0.25) is 0 Å². The molecule has 1 fully saturated rings. The number of rotatable bonds is 5. The second-order valence-corrected chi connectivity index (χ2v) is 5.07. The van der Waals surface area contributed by atoms with E-state index in [1.807, 2.05) is 18.2 Å². The van der Waals surface area contributed by atoms with Crippen molar-refractivity contribution < 1.29 is 19.4 Å². The highest BCUT2D eigenvalue weighted by Gasteiger charge is 2.24. The molecule has 0 bridgehead atoms. The second-order valence-electron chi connectivity index (χ2n) is 5.07. The zero-order chi connectivity index (χ0) is 14.5. The summed E-state index contributed by atoms with van der Waals surface area (Å²) in [4.78, 5) is 13.2. The van der Waals surface area contributed by atoms with Gasteiger partial charge in [-0.25, -0.2) is 0 Å². The van der Waals surface area contributed by atoms with Gasteiger partial charge < -0.3 is 14.6 Å². The molecular weight excluding hydrogens is 258 g/mol. The molecule has 0 aliphatic carbocycles. The standard InChI is InChI=1S/C15H21NO4/c1-19-13-3-4-14(20-2)12(9-13)10-16-7-5-11(6-8-16)15(17)18/h3-4,9,11H,5-8,10H2,1-2H3,(H,17,18). The van der Waals surface area contributed by atoms with Crippen LogP contribution < -0.4 is 9.47 Å². The van der Waals surface area contributed by atoms with Crippen LogP contribution in [0.1, 0.15) is 18.4 Å². The molecule has 0 saturated carbocycles. The van der Waals surface area contributed by atoms with E-state index in [-0.39, 0.29) is 5.92 Å². The Morgan fingerprint density at radius 1 is 1.30 bits per heavy atom. The number of nitrogens with zero attached hydrogens (tertiary/aromatic N) is 1. The second kappa shape index (κ2) is 6.61. The molecule has 0 spiro atoms. The van der Waals surface area contributed by atoms with Crippen molar-refractivity contribution in [3.05, 3.63) is 23.8 Å². The number of hydrogen-bond donors (Lipinski definition) is 1. The van der Waals surface area contributed by atoms with Gasteiger partial charge in [-0.05, 0) is 44.1 Å². The van der Waals surface area contributed by atoms with Gasteiger partial charge in [-0.15, -0.1) is 0 Å². The monoisotopic (exact) mass is 279 g/mol. The Labute approximate surface area is 119 Å². The van der Waals surface area contributed by atoms with E-state index in [9.17, 15) is 4.79 Å². The molecule has 5 nitrogen and oxygen atoms in total. The predicted octanol–water partition coefficient (Wildman–Crippen LogP) is 2.00. The molecule has 0 aromatic heterocycles. The molecule has 0 amide bonds. The van der Waals surface area contributed by atoms with Crippen molar-refractivity contribution in [1.82, 2.24) is 4.90 Å². The third-order valence-electron chi connectivity index (χ3n) is 3.82. The Hall–Kier alpha value is -1.75. The minimum absolute atomic E-state index is 0.196. The number of hydrogen-bond acceptors (Lipinski definition) is 4. The molecule has 0 unspecified atom stereocenters. The normalized spacial score (nSPS) is 16.9. The minimum atomic E-state index is -0.677. The molecule has 5 heteroatoms. The largest absolute Gasteiger partial charge is 0.497 e. The molecule has 0 atom stereocenters. The van der Waals surface area contributed by atoms with Crippen LogP contribution in [0, 0.1) is 5.92 Å². The summed E-state index contributed by atoms with van der Waals surface area (Å²) < 4.78 is 10.6. The van der Waals surface area contributed by atoms with Gasteiger partial charge in [0.05, 0.1) is 20.1 Å². The van der Waals surface area contributed by atoms with Crippen LogP contribution in [0.5, 0.6) is 11.5 Å². The number of ether oxygens (including phenoxy) is 2. The van der Waals surface area contributed by atoms with Crippen LogP contribution in [0.2, 0.25) is 0 Å². The zero-order valence-electron chi connectivity index (χ0n) is 12.0. The maximum Gasteiger partial charge on any atom is 0.306 e. The third-order valence-corrected chi connectivity index (χ3v) is 3.82. The number of aliphatic carboxylic acids is 1. The summed E-state index contributed by atoms with van der Waals surface area (Å²) >= 11 is 0. The summed E-state index contributed by atoms with van der Waals surface area (Å²) in [6.07, 6.45) is 1.42. The molecular formula is C15H21NO4.